The van der Waals surface area contributed by atoms with E-state index in [4.69, 9.17) is 30.5 Å². The summed E-state index contributed by atoms with van der Waals surface area (Å²) in [4.78, 5) is 14.7. The third-order valence-corrected chi connectivity index (χ3v) is 5.02. The molecule has 0 amide bonds. The number of nitrogens with one attached hydrogen (secondary N) is 1. The van der Waals surface area contributed by atoms with Crippen molar-refractivity contribution in [2.24, 2.45) is 5.73 Å². The lowest BCUT2D eigenvalue weighted by atomic mass is 10.1. The number of carbonyl (C=O) groups is 1. The number of rotatable bonds is 8. The summed E-state index contributed by atoms with van der Waals surface area (Å²) < 4.78 is 11.2. The largest absolute Gasteiger partial charge is 0.508 e. The standard InChI is InChI=1S/C17H25N3O2.C7H6O4/c1-11-7-9-19-16-14(21-3)10-13(17(22-4)15(11)16)20-12(2)6-5-8-18;8-4-1-2-5(7(10)11)6(9)3-4/h7,9-10,12,20H,5-6,8,18H2,1-4H3;1-3,8-9H,(H,10,11). The number of methoxy groups -OCH3 is 2. The molecule has 9 heteroatoms. The van der Waals surface area contributed by atoms with E-state index in [1.165, 1.54) is 6.07 Å². The van der Waals surface area contributed by atoms with Gasteiger partial charge >= 0.3 is 5.97 Å². The highest BCUT2D eigenvalue weighted by Crippen LogP contribution is 2.40. The lowest BCUT2D eigenvalue weighted by molar-refractivity contribution is 0.0693. The molecule has 0 radical (unpaired) electrons. The molecule has 3 rings (SSSR count). The zero-order valence-corrected chi connectivity index (χ0v) is 19.3. The van der Waals surface area contributed by atoms with E-state index in [1.807, 2.05) is 19.1 Å². The second-order valence-electron chi connectivity index (χ2n) is 7.49. The van der Waals surface area contributed by atoms with Crippen molar-refractivity contribution in [1.82, 2.24) is 4.98 Å². The van der Waals surface area contributed by atoms with Crippen molar-refractivity contribution in [3.8, 4) is 23.0 Å². The number of anilines is 1. The third-order valence-electron chi connectivity index (χ3n) is 5.02. The van der Waals surface area contributed by atoms with E-state index in [2.05, 4.69) is 17.2 Å². The summed E-state index contributed by atoms with van der Waals surface area (Å²) >= 11 is 0. The summed E-state index contributed by atoms with van der Waals surface area (Å²) in [5.74, 6) is -0.262. The highest BCUT2D eigenvalue weighted by Gasteiger charge is 2.17. The Morgan fingerprint density at radius 1 is 1.18 bits per heavy atom. The maximum absolute atomic E-state index is 10.3. The summed E-state index contributed by atoms with van der Waals surface area (Å²) in [5, 5.41) is 30.6. The predicted molar refractivity (Wildman–Crippen MR) is 128 cm³/mol. The molecule has 1 heterocycles. The highest BCUT2D eigenvalue weighted by atomic mass is 16.5. The van der Waals surface area contributed by atoms with E-state index in [0.29, 0.717) is 12.6 Å². The highest BCUT2D eigenvalue weighted by molar-refractivity contribution is 5.97. The number of fused-ring (bicyclic) bond motifs is 1. The predicted octanol–water partition coefficient (Wildman–Crippen LogP) is 3.90. The van der Waals surface area contributed by atoms with Crippen LogP contribution in [0.4, 0.5) is 5.69 Å². The first-order valence-corrected chi connectivity index (χ1v) is 10.5. The molecular formula is C24H31N3O6. The molecule has 1 aromatic heterocycles. The van der Waals surface area contributed by atoms with Gasteiger partial charge in [-0.05, 0) is 57.0 Å². The summed E-state index contributed by atoms with van der Waals surface area (Å²) in [6.45, 7) is 4.89. The zero-order chi connectivity index (χ0) is 24.5. The normalized spacial score (nSPS) is 11.3. The minimum Gasteiger partial charge on any atom is -0.508 e. The number of hydrogen-bond acceptors (Lipinski definition) is 8. The van der Waals surface area contributed by atoms with Crippen molar-refractivity contribution in [1.29, 1.82) is 0 Å². The van der Waals surface area contributed by atoms with Gasteiger partial charge in [0.1, 0.15) is 28.3 Å². The Morgan fingerprint density at radius 3 is 2.48 bits per heavy atom. The van der Waals surface area contributed by atoms with Gasteiger partial charge in [-0.15, -0.1) is 0 Å². The molecule has 178 valence electrons. The average Bonchev–Trinajstić information content (AvgIpc) is 2.77. The second-order valence-corrected chi connectivity index (χ2v) is 7.49. The number of pyridine rings is 1. The van der Waals surface area contributed by atoms with Crippen molar-refractivity contribution in [2.45, 2.75) is 32.7 Å². The van der Waals surface area contributed by atoms with E-state index >= 15 is 0 Å². The number of carboxylic acids is 1. The van der Waals surface area contributed by atoms with Crippen molar-refractivity contribution < 1.29 is 29.6 Å². The van der Waals surface area contributed by atoms with E-state index in [9.17, 15) is 4.79 Å². The van der Waals surface area contributed by atoms with Crippen LogP contribution in [-0.2, 0) is 0 Å². The quantitative estimate of drug-likeness (QED) is 0.340. The number of nitrogens with two attached hydrogens (primary N) is 1. The van der Waals surface area contributed by atoms with Gasteiger partial charge < -0.3 is 35.8 Å². The SMILES string of the molecule is COc1cc(NC(C)CCCN)c(OC)c2c(C)ccnc12.O=C(O)c1ccc(O)cc1O. The van der Waals surface area contributed by atoms with Gasteiger partial charge in [0.05, 0.1) is 25.3 Å². The van der Waals surface area contributed by atoms with Crippen LogP contribution >= 0.6 is 0 Å². The van der Waals surface area contributed by atoms with Crippen molar-refractivity contribution in [3.63, 3.8) is 0 Å². The van der Waals surface area contributed by atoms with E-state index in [0.717, 1.165) is 58.6 Å². The minimum atomic E-state index is -1.22. The Balaban J connectivity index is 0.000000294. The topological polar surface area (TPSA) is 147 Å². The fraction of sp³-hybridized carbons (Fsp3) is 0.333. The Kier molecular flexibility index (Phi) is 9.11. The van der Waals surface area contributed by atoms with E-state index in [1.54, 1.807) is 20.4 Å². The van der Waals surface area contributed by atoms with Crippen LogP contribution in [0.1, 0.15) is 35.7 Å². The van der Waals surface area contributed by atoms with Crippen LogP contribution in [0.2, 0.25) is 0 Å². The first-order chi connectivity index (χ1) is 15.7. The number of carboxylic acid groups (broad SMARTS) is 1. The number of phenolic OH excluding ortho intramolecular Hbond substituents is 1. The molecule has 0 fully saturated rings. The smallest absolute Gasteiger partial charge is 0.339 e. The summed E-state index contributed by atoms with van der Waals surface area (Å²) in [6.07, 6.45) is 3.78. The molecule has 0 saturated heterocycles. The van der Waals surface area contributed by atoms with E-state index in [-0.39, 0.29) is 11.3 Å². The van der Waals surface area contributed by atoms with Gasteiger partial charge in [-0.1, -0.05) is 0 Å². The molecule has 0 aliphatic rings. The molecule has 0 spiro atoms. The maximum atomic E-state index is 10.3. The Bertz CT molecular complexity index is 1100. The molecule has 3 aromatic rings. The van der Waals surface area contributed by atoms with Crippen LogP contribution < -0.4 is 20.5 Å². The van der Waals surface area contributed by atoms with Crippen LogP contribution in [0.25, 0.3) is 10.9 Å². The molecule has 0 aliphatic heterocycles. The number of aromatic carboxylic acids is 1. The molecule has 9 nitrogen and oxygen atoms in total. The van der Waals surface area contributed by atoms with Crippen molar-refractivity contribution in [3.05, 3.63) is 47.7 Å². The van der Waals surface area contributed by atoms with Crippen molar-refractivity contribution >= 4 is 22.6 Å². The number of aromatic nitrogens is 1. The Hall–Kier alpha value is -3.72. The summed E-state index contributed by atoms with van der Waals surface area (Å²) in [5.41, 5.74) is 8.22. The third kappa shape index (κ3) is 6.39. The van der Waals surface area contributed by atoms with Crippen LogP contribution in [0.15, 0.2) is 36.5 Å². The monoisotopic (exact) mass is 457 g/mol. The molecule has 1 atom stereocenters. The number of hydrogen-bond donors (Lipinski definition) is 5. The summed E-state index contributed by atoms with van der Waals surface area (Å²) in [6, 6.07) is 7.54. The molecular weight excluding hydrogens is 426 g/mol. The Morgan fingerprint density at radius 2 is 1.91 bits per heavy atom. The number of aromatic hydroxyl groups is 2. The van der Waals surface area contributed by atoms with Gasteiger partial charge in [-0.2, -0.15) is 0 Å². The lowest BCUT2D eigenvalue weighted by Crippen LogP contribution is -2.17. The fourth-order valence-electron chi connectivity index (χ4n) is 3.37. The Labute approximate surface area is 192 Å². The van der Waals surface area contributed by atoms with Gasteiger partial charge in [-0.25, -0.2) is 4.79 Å². The van der Waals surface area contributed by atoms with Crippen LogP contribution in [-0.4, -0.2) is 53.1 Å². The molecule has 0 aliphatic carbocycles. The number of nitrogens with zero attached hydrogens (tertiary/aromatic N) is 1. The van der Waals surface area contributed by atoms with Crippen LogP contribution in [0.5, 0.6) is 23.0 Å². The second kappa shape index (κ2) is 11.8. The maximum Gasteiger partial charge on any atom is 0.339 e. The molecule has 2 aromatic carbocycles. The van der Waals surface area contributed by atoms with Gasteiger partial charge in [0.15, 0.2) is 5.75 Å². The first kappa shape index (κ1) is 25.5. The van der Waals surface area contributed by atoms with E-state index < -0.39 is 11.7 Å². The number of aryl methyl sites for hydroxylation is 1. The molecule has 33 heavy (non-hydrogen) atoms. The van der Waals surface area contributed by atoms with Gasteiger partial charge in [0.25, 0.3) is 0 Å². The molecule has 6 N–H and O–H groups in total. The number of benzene rings is 2. The van der Waals surface area contributed by atoms with Crippen LogP contribution in [0.3, 0.4) is 0 Å². The fourth-order valence-corrected chi connectivity index (χ4v) is 3.37. The van der Waals surface area contributed by atoms with Gasteiger partial charge in [0.2, 0.25) is 0 Å². The first-order valence-electron chi connectivity index (χ1n) is 10.5. The molecule has 0 bridgehead atoms. The average molecular weight is 458 g/mol. The molecule has 1 unspecified atom stereocenters. The zero-order valence-electron chi connectivity index (χ0n) is 19.3. The van der Waals surface area contributed by atoms with Crippen LogP contribution in [0, 0.1) is 6.92 Å². The van der Waals surface area contributed by atoms with Crippen molar-refractivity contribution in [2.75, 3.05) is 26.1 Å². The number of phenols is 2. The lowest BCUT2D eigenvalue weighted by Gasteiger charge is -2.20. The number of ether oxygens (including phenoxy) is 2. The minimum absolute atomic E-state index is 0.160. The van der Waals surface area contributed by atoms with Gasteiger partial charge in [-0.3, -0.25) is 4.98 Å². The molecule has 0 saturated carbocycles. The summed E-state index contributed by atoms with van der Waals surface area (Å²) in [7, 11) is 3.34. The van der Waals surface area contributed by atoms with Gasteiger partial charge in [0, 0.05) is 24.4 Å².